The molecule has 0 N–H and O–H groups in total. The molecule has 4 nitrogen and oxygen atoms in total. The van der Waals surface area contributed by atoms with Gasteiger partial charge >= 0.3 is 0 Å². The average molecular weight is 689 g/mol. The van der Waals surface area contributed by atoms with Crippen molar-refractivity contribution in [3.05, 3.63) is 175 Å². The van der Waals surface area contributed by atoms with Crippen LogP contribution in [0.2, 0.25) is 0 Å². The summed E-state index contributed by atoms with van der Waals surface area (Å²) in [7, 11) is 0. The van der Waals surface area contributed by atoms with Gasteiger partial charge < -0.3 is 8.83 Å². The van der Waals surface area contributed by atoms with E-state index in [9.17, 15) is 5.26 Å². The van der Waals surface area contributed by atoms with Crippen molar-refractivity contribution >= 4 is 65.7 Å². The third kappa shape index (κ3) is 4.66. The van der Waals surface area contributed by atoms with Crippen molar-refractivity contribution in [3.8, 4) is 50.6 Å². The molecule has 0 radical (unpaired) electrons. The van der Waals surface area contributed by atoms with Crippen LogP contribution in [0.15, 0.2) is 179 Å². The second kappa shape index (κ2) is 11.8. The van der Waals surface area contributed by atoms with Gasteiger partial charge in [0, 0.05) is 10.8 Å². The van der Waals surface area contributed by atoms with Crippen molar-refractivity contribution in [3.63, 3.8) is 0 Å². The molecule has 54 heavy (non-hydrogen) atoms. The first-order chi connectivity index (χ1) is 26.7. The summed E-state index contributed by atoms with van der Waals surface area (Å²) in [6.45, 7) is 0. The normalized spacial score (nSPS) is 11.7. The fourth-order valence-electron chi connectivity index (χ4n) is 8.08. The Hall–Kier alpha value is -7.48. The average Bonchev–Trinajstić information content (AvgIpc) is 3.80. The van der Waals surface area contributed by atoms with E-state index in [4.69, 9.17) is 13.8 Å². The van der Waals surface area contributed by atoms with Crippen LogP contribution in [0.3, 0.4) is 0 Å². The Morgan fingerprint density at radius 2 is 0.889 bits per heavy atom. The van der Waals surface area contributed by atoms with Crippen LogP contribution < -0.4 is 0 Å². The second-order valence-electron chi connectivity index (χ2n) is 13.8. The number of para-hydroxylation sites is 2. The molecule has 250 valence electrons. The molecule has 0 fully saturated rings. The summed E-state index contributed by atoms with van der Waals surface area (Å²) >= 11 is 0. The molecule has 8 aromatic carbocycles. The molecule has 0 atom stereocenters. The van der Waals surface area contributed by atoms with Crippen LogP contribution in [0.4, 0.5) is 0 Å². The van der Waals surface area contributed by atoms with E-state index in [0.717, 1.165) is 77.5 Å². The molecule has 11 aromatic rings. The first-order valence-corrected chi connectivity index (χ1v) is 18.0. The molecule has 0 unspecified atom stereocenters. The van der Waals surface area contributed by atoms with Crippen molar-refractivity contribution in [2.24, 2.45) is 0 Å². The van der Waals surface area contributed by atoms with Gasteiger partial charge in [0.05, 0.1) is 17.2 Å². The van der Waals surface area contributed by atoms with E-state index in [-0.39, 0.29) is 0 Å². The van der Waals surface area contributed by atoms with E-state index in [1.807, 2.05) is 60.7 Å². The van der Waals surface area contributed by atoms with Crippen molar-refractivity contribution in [2.45, 2.75) is 0 Å². The van der Waals surface area contributed by atoms with Gasteiger partial charge in [-0.25, -0.2) is 4.98 Å². The summed E-state index contributed by atoms with van der Waals surface area (Å²) < 4.78 is 13.4. The van der Waals surface area contributed by atoms with Crippen LogP contribution in [0.1, 0.15) is 5.56 Å². The monoisotopic (exact) mass is 688 g/mol. The highest BCUT2D eigenvalue weighted by atomic mass is 16.3. The number of rotatable bonds is 4. The standard InChI is InChI=1S/C50H28N2O2/c51-29-30-17-19-31(20-18-30)32-21-23-33(24-22-32)35-25-36(43-28-34-9-1-2-10-38(34)39-11-3-4-12-40(39)43)27-37(26-35)46-49-47(41-13-5-7-15-44(41)53-49)52-48-42-14-6-8-16-45(42)54-50(46)48/h1-28H. The zero-order chi connectivity index (χ0) is 35.8. The lowest BCUT2D eigenvalue weighted by atomic mass is 9.89. The molecule has 0 aliphatic heterocycles. The molecule has 4 heteroatoms. The summed E-state index contributed by atoms with van der Waals surface area (Å²) in [5.74, 6) is 0. The van der Waals surface area contributed by atoms with Gasteiger partial charge in [-0.15, -0.1) is 0 Å². The van der Waals surface area contributed by atoms with E-state index >= 15 is 0 Å². The molecule has 11 rings (SSSR count). The molecular weight excluding hydrogens is 661 g/mol. The Morgan fingerprint density at radius 1 is 0.407 bits per heavy atom. The minimum atomic E-state index is 0.647. The first-order valence-electron chi connectivity index (χ1n) is 18.0. The maximum absolute atomic E-state index is 9.31. The van der Waals surface area contributed by atoms with E-state index < -0.39 is 0 Å². The lowest BCUT2D eigenvalue weighted by molar-refractivity contribution is 0.657. The van der Waals surface area contributed by atoms with E-state index in [1.165, 1.54) is 21.5 Å². The summed E-state index contributed by atoms with van der Waals surface area (Å²) in [5, 5.41) is 16.1. The summed E-state index contributed by atoms with van der Waals surface area (Å²) in [6, 6.07) is 61.2. The predicted molar refractivity (Wildman–Crippen MR) is 220 cm³/mol. The Labute approximate surface area is 309 Å². The van der Waals surface area contributed by atoms with Crippen LogP contribution in [-0.2, 0) is 0 Å². The number of hydrogen-bond donors (Lipinski definition) is 0. The summed E-state index contributed by atoms with van der Waals surface area (Å²) in [6.07, 6.45) is 0. The highest BCUT2D eigenvalue weighted by Gasteiger charge is 2.24. The minimum Gasteiger partial charge on any atom is -0.454 e. The highest BCUT2D eigenvalue weighted by Crippen LogP contribution is 2.45. The van der Waals surface area contributed by atoms with Gasteiger partial charge in [-0.2, -0.15) is 5.26 Å². The fourth-order valence-corrected chi connectivity index (χ4v) is 8.08. The SMILES string of the molecule is N#Cc1ccc(-c2ccc(-c3cc(-c4cc5ccccc5c5ccccc45)cc(-c4c5oc6ccccc6c5nc5c4oc4ccccc45)c3)cc2)cc1. The van der Waals surface area contributed by atoms with E-state index in [1.54, 1.807) is 0 Å². The molecular formula is C50H28N2O2. The topological polar surface area (TPSA) is 63.0 Å². The Bertz CT molecular complexity index is 3240. The number of hydrogen-bond acceptors (Lipinski definition) is 4. The smallest absolute Gasteiger partial charge is 0.165 e. The predicted octanol–water partition coefficient (Wildman–Crippen LogP) is 13.7. The van der Waals surface area contributed by atoms with Gasteiger partial charge in [-0.3, -0.25) is 0 Å². The lowest BCUT2D eigenvalue weighted by Crippen LogP contribution is -1.90. The van der Waals surface area contributed by atoms with Crippen molar-refractivity contribution in [1.82, 2.24) is 4.98 Å². The molecule has 0 amide bonds. The maximum Gasteiger partial charge on any atom is 0.165 e. The molecule has 3 aromatic heterocycles. The highest BCUT2D eigenvalue weighted by molar-refractivity contribution is 6.19. The third-order valence-corrected chi connectivity index (χ3v) is 10.7. The Morgan fingerprint density at radius 3 is 1.52 bits per heavy atom. The number of furan rings is 2. The number of pyridine rings is 1. The van der Waals surface area contributed by atoms with Crippen LogP contribution in [0, 0.1) is 11.3 Å². The number of nitriles is 1. The number of benzene rings is 8. The number of fused-ring (bicyclic) bond motifs is 9. The van der Waals surface area contributed by atoms with Gasteiger partial charge in [0.25, 0.3) is 0 Å². The van der Waals surface area contributed by atoms with Gasteiger partial charge in [0.2, 0.25) is 0 Å². The van der Waals surface area contributed by atoms with Crippen molar-refractivity contribution < 1.29 is 8.83 Å². The first kappa shape index (κ1) is 30.2. The molecule has 0 aliphatic rings. The van der Waals surface area contributed by atoms with Crippen LogP contribution in [0.25, 0.3) is 110 Å². The van der Waals surface area contributed by atoms with E-state index in [0.29, 0.717) is 16.7 Å². The fraction of sp³-hybridized carbons (Fsp3) is 0. The van der Waals surface area contributed by atoms with Crippen LogP contribution in [-0.4, -0.2) is 4.98 Å². The third-order valence-electron chi connectivity index (χ3n) is 10.7. The van der Waals surface area contributed by atoms with Gasteiger partial charge in [-0.1, -0.05) is 109 Å². The second-order valence-corrected chi connectivity index (χ2v) is 13.8. The molecule has 0 aliphatic carbocycles. The van der Waals surface area contributed by atoms with Gasteiger partial charge in [0.1, 0.15) is 22.2 Å². The molecule has 0 bridgehead atoms. The summed E-state index contributed by atoms with van der Waals surface area (Å²) in [4.78, 5) is 5.22. The summed E-state index contributed by atoms with van der Waals surface area (Å²) in [5.41, 5.74) is 13.6. The van der Waals surface area contributed by atoms with Gasteiger partial charge in [-0.05, 0) is 121 Å². The van der Waals surface area contributed by atoms with Crippen molar-refractivity contribution in [2.75, 3.05) is 0 Å². The molecule has 0 saturated carbocycles. The molecule has 0 saturated heterocycles. The van der Waals surface area contributed by atoms with Gasteiger partial charge in [0.15, 0.2) is 11.2 Å². The van der Waals surface area contributed by atoms with Crippen molar-refractivity contribution in [1.29, 1.82) is 5.26 Å². The maximum atomic E-state index is 9.31. The zero-order valence-electron chi connectivity index (χ0n) is 28.9. The Kier molecular flexibility index (Phi) is 6.58. The zero-order valence-corrected chi connectivity index (χ0v) is 28.9. The largest absolute Gasteiger partial charge is 0.454 e. The minimum absolute atomic E-state index is 0.647. The molecule has 3 heterocycles. The van der Waals surface area contributed by atoms with Crippen LogP contribution in [0.5, 0.6) is 0 Å². The molecule has 0 spiro atoms. The van der Waals surface area contributed by atoms with E-state index in [2.05, 4.69) is 115 Å². The lowest BCUT2D eigenvalue weighted by Gasteiger charge is -2.15. The quantitative estimate of drug-likeness (QED) is 0.173. The van der Waals surface area contributed by atoms with Crippen LogP contribution >= 0.6 is 0 Å². The Balaban J connectivity index is 1.21. The number of aromatic nitrogens is 1. The number of nitrogens with zero attached hydrogens (tertiary/aromatic N) is 2.